The normalized spacial score (nSPS) is 29.0. The van der Waals surface area contributed by atoms with Gasteiger partial charge in [0.2, 0.25) is 17.7 Å². The van der Waals surface area contributed by atoms with Crippen LogP contribution >= 0.6 is 11.6 Å². The molecule has 2 bridgehead atoms. The van der Waals surface area contributed by atoms with E-state index in [-0.39, 0.29) is 24.3 Å². The third kappa shape index (κ3) is 5.19. The van der Waals surface area contributed by atoms with E-state index >= 15 is 0 Å². The molecule has 0 saturated carbocycles. The van der Waals surface area contributed by atoms with Crippen molar-refractivity contribution in [2.75, 3.05) is 23.8 Å². The van der Waals surface area contributed by atoms with Crippen LogP contribution in [-0.4, -0.2) is 64.2 Å². The highest BCUT2D eigenvalue weighted by molar-refractivity contribution is 6.30. The van der Waals surface area contributed by atoms with Gasteiger partial charge in [-0.05, 0) is 87.6 Å². The van der Waals surface area contributed by atoms with Crippen LogP contribution in [0.4, 0.5) is 11.4 Å². The predicted molar refractivity (Wildman–Crippen MR) is 156 cm³/mol. The van der Waals surface area contributed by atoms with E-state index < -0.39 is 41.0 Å². The van der Waals surface area contributed by atoms with Crippen LogP contribution in [-0.2, 0) is 19.1 Å². The lowest BCUT2D eigenvalue weighted by atomic mass is 9.66. The van der Waals surface area contributed by atoms with Gasteiger partial charge in [-0.3, -0.25) is 14.4 Å². The molecule has 3 aliphatic rings. The number of hydrogen-bond donors (Lipinski definition) is 3. The van der Waals surface area contributed by atoms with Crippen molar-refractivity contribution in [2.45, 2.75) is 70.2 Å². The molecule has 41 heavy (non-hydrogen) atoms. The molecule has 2 aromatic carbocycles. The van der Waals surface area contributed by atoms with Gasteiger partial charge in [0.05, 0.1) is 36.7 Å². The molecule has 9 nitrogen and oxygen atoms in total. The van der Waals surface area contributed by atoms with Crippen LogP contribution in [0, 0.1) is 17.8 Å². The fourth-order valence-electron chi connectivity index (χ4n) is 7.04. The van der Waals surface area contributed by atoms with Crippen LogP contribution in [0.5, 0.6) is 5.75 Å². The Bertz CT molecular complexity index is 1300. The van der Waals surface area contributed by atoms with Crippen molar-refractivity contribution in [3.63, 3.8) is 0 Å². The maximum absolute atomic E-state index is 14.3. The second-order valence-corrected chi connectivity index (χ2v) is 12.3. The third-order valence-electron chi connectivity index (χ3n) is 8.64. The zero-order chi connectivity index (χ0) is 29.5. The first kappa shape index (κ1) is 29.4. The molecular weight excluding hydrogens is 546 g/mol. The Kier molecular flexibility index (Phi) is 8.07. The minimum absolute atomic E-state index is 0.159. The summed E-state index contributed by atoms with van der Waals surface area (Å²) >= 11 is 6.03. The van der Waals surface area contributed by atoms with Gasteiger partial charge in [0, 0.05) is 16.4 Å². The number of likely N-dealkylation sites (tertiary alicyclic amines) is 1. The van der Waals surface area contributed by atoms with Gasteiger partial charge in [-0.1, -0.05) is 25.4 Å². The number of benzene rings is 2. The Balaban J connectivity index is 1.50. The lowest BCUT2D eigenvalue weighted by molar-refractivity contribution is -0.147. The predicted octanol–water partition coefficient (Wildman–Crippen LogP) is 4.49. The van der Waals surface area contributed by atoms with Crippen LogP contribution in [0.3, 0.4) is 0 Å². The summed E-state index contributed by atoms with van der Waals surface area (Å²) in [6.07, 6.45) is 1.46. The quantitative estimate of drug-likeness (QED) is 0.379. The van der Waals surface area contributed by atoms with Crippen molar-refractivity contribution < 1.29 is 29.0 Å². The van der Waals surface area contributed by atoms with E-state index in [9.17, 15) is 19.5 Å². The van der Waals surface area contributed by atoms with Gasteiger partial charge in [-0.2, -0.15) is 0 Å². The van der Waals surface area contributed by atoms with Gasteiger partial charge in [-0.15, -0.1) is 0 Å². The summed E-state index contributed by atoms with van der Waals surface area (Å²) in [7, 11) is 0. The van der Waals surface area contributed by atoms with Crippen LogP contribution in [0.1, 0.15) is 47.0 Å². The van der Waals surface area contributed by atoms with Crippen molar-refractivity contribution in [2.24, 2.45) is 17.8 Å². The van der Waals surface area contributed by atoms with Crippen molar-refractivity contribution in [1.29, 1.82) is 0 Å². The maximum Gasteiger partial charge on any atom is 0.250 e. The molecule has 220 valence electrons. The topological polar surface area (TPSA) is 117 Å². The fourth-order valence-corrected chi connectivity index (χ4v) is 7.17. The summed E-state index contributed by atoms with van der Waals surface area (Å²) in [6.45, 7) is 7.98. The first-order chi connectivity index (χ1) is 19.5. The summed E-state index contributed by atoms with van der Waals surface area (Å²) in [6, 6.07) is 12.2. The summed E-state index contributed by atoms with van der Waals surface area (Å²) in [5.41, 5.74) is -1.02. The van der Waals surface area contributed by atoms with Gasteiger partial charge >= 0.3 is 0 Å². The molecule has 3 saturated heterocycles. The van der Waals surface area contributed by atoms with Crippen LogP contribution in [0.25, 0.3) is 0 Å². The summed E-state index contributed by atoms with van der Waals surface area (Å²) in [4.78, 5) is 43.7. The number of carbonyl (C=O) groups is 3. The standard InChI is InChI=1S/C31H38ClN3O6/c1-5-40-23-12-10-21(11-13-23)33-27(37)24-25-29(39)35(22(17-36)16-18(2)3)26(31(25)15-14-30(24,4)41-31)28(38)34-20-8-6-19(32)7-9-20/h6-13,18,22,24-26,36H,5,14-17H2,1-4H3,(H,33,37)(H,34,38)/t22-,24-,25+,26?,30+,31?/m1/s1. The van der Waals surface area contributed by atoms with E-state index in [1.54, 1.807) is 48.5 Å². The van der Waals surface area contributed by atoms with Crippen molar-refractivity contribution in [3.05, 3.63) is 53.6 Å². The number of aliphatic hydroxyl groups excluding tert-OH is 1. The number of hydrogen-bond acceptors (Lipinski definition) is 6. The molecule has 6 atom stereocenters. The molecule has 0 radical (unpaired) electrons. The molecule has 5 rings (SSSR count). The van der Waals surface area contributed by atoms with Crippen LogP contribution in [0.2, 0.25) is 5.02 Å². The summed E-state index contributed by atoms with van der Waals surface area (Å²) in [5.74, 6) is -1.92. The largest absolute Gasteiger partial charge is 0.494 e. The lowest BCUT2D eigenvalue weighted by Gasteiger charge is -2.37. The number of halogens is 1. The Hall–Kier alpha value is -3.14. The van der Waals surface area contributed by atoms with Gasteiger partial charge in [0.1, 0.15) is 17.4 Å². The average Bonchev–Trinajstić information content (AvgIpc) is 3.50. The van der Waals surface area contributed by atoms with Crippen LogP contribution < -0.4 is 15.4 Å². The van der Waals surface area contributed by atoms with E-state index in [1.807, 2.05) is 27.7 Å². The molecule has 3 fully saturated rings. The Labute approximate surface area is 245 Å². The molecule has 3 amide bonds. The minimum Gasteiger partial charge on any atom is -0.494 e. The summed E-state index contributed by atoms with van der Waals surface area (Å²) in [5, 5.41) is 16.8. The summed E-state index contributed by atoms with van der Waals surface area (Å²) < 4.78 is 12.2. The number of amides is 3. The van der Waals surface area contributed by atoms with E-state index in [0.717, 1.165) is 0 Å². The Morgan fingerprint density at radius 3 is 2.27 bits per heavy atom. The molecular formula is C31H38ClN3O6. The van der Waals surface area contributed by atoms with E-state index in [1.165, 1.54) is 4.90 Å². The van der Waals surface area contributed by atoms with Gasteiger partial charge in [-0.25, -0.2) is 0 Å². The molecule has 3 heterocycles. The second-order valence-electron chi connectivity index (χ2n) is 11.9. The minimum atomic E-state index is -1.20. The smallest absolute Gasteiger partial charge is 0.250 e. The van der Waals surface area contributed by atoms with Gasteiger partial charge < -0.3 is 30.1 Å². The highest BCUT2D eigenvalue weighted by atomic mass is 35.5. The van der Waals surface area contributed by atoms with Crippen molar-refractivity contribution in [3.8, 4) is 5.75 Å². The second kappa shape index (κ2) is 11.3. The van der Waals surface area contributed by atoms with Gasteiger partial charge in [0.15, 0.2) is 0 Å². The number of ether oxygens (including phenoxy) is 2. The monoisotopic (exact) mass is 583 g/mol. The third-order valence-corrected chi connectivity index (χ3v) is 8.89. The number of nitrogens with zero attached hydrogens (tertiary/aromatic N) is 1. The maximum atomic E-state index is 14.3. The zero-order valence-corrected chi connectivity index (χ0v) is 24.6. The zero-order valence-electron chi connectivity index (χ0n) is 23.9. The number of anilines is 2. The van der Waals surface area contributed by atoms with E-state index in [0.29, 0.717) is 48.0 Å². The number of fused-ring (bicyclic) bond motifs is 1. The number of rotatable bonds is 10. The van der Waals surface area contributed by atoms with Crippen LogP contribution in [0.15, 0.2) is 48.5 Å². The van der Waals surface area contributed by atoms with E-state index in [4.69, 9.17) is 21.1 Å². The first-order valence-electron chi connectivity index (χ1n) is 14.3. The average molecular weight is 584 g/mol. The molecule has 3 aliphatic heterocycles. The Morgan fingerprint density at radius 1 is 1.07 bits per heavy atom. The van der Waals surface area contributed by atoms with Crippen molar-refractivity contribution >= 4 is 40.7 Å². The van der Waals surface area contributed by atoms with E-state index in [2.05, 4.69) is 10.6 Å². The number of nitrogens with one attached hydrogen (secondary N) is 2. The lowest BCUT2D eigenvalue weighted by Crippen LogP contribution is -2.56. The molecule has 2 aromatic rings. The Morgan fingerprint density at radius 2 is 1.68 bits per heavy atom. The number of carbonyl (C=O) groups excluding carboxylic acids is 3. The fraction of sp³-hybridized carbons (Fsp3) is 0.516. The molecule has 10 heteroatoms. The number of aliphatic hydroxyl groups is 1. The molecule has 0 aromatic heterocycles. The SMILES string of the molecule is CCOc1ccc(NC(=O)[C@H]2[C@H]3C(=O)N([C@@H](CO)CC(C)C)C(C(=O)Nc4ccc(Cl)cc4)C34CC[C@]2(C)O4)cc1. The molecule has 3 N–H and O–H groups in total. The highest BCUT2D eigenvalue weighted by Crippen LogP contribution is 2.63. The van der Waals surface area contributed by atoms with Gasteiger partial charge in [0.25, 0.3) is 0 Å². The molecule has 1 spiro atoms. The molecule has 2 unspecified atom stereocenters. The van der Waals surface area contributed by atoms with Crippen molar-refractivity contribution in [1.82, 2.24) is 4.90 Å². The molecule has 0 aliphatic carbocycles. The first-order valence-corrected chi connectivity index (χ1v) is 14.6. The highest BCUT2D eigenvalue weighted by Gasteiger charge is 2.78.